The minimum atomic E-state index is 0.00463. The van der Waals surface area contributed by atoms with Crippen LogP contribution in [0.15, 0.2) is 91.0 Å². The molecule has 4 rings (SSSR count). The Bertz CT molecular complexity index is 697. The van der Waals surface area contributed by atoms with Gasteiger partial charge in [-0.2, -0.15) is 0 Å². The first-order valence-corrected chi connectivity index (χ1v) is 16.1. The zero-order valence-corrected chi connectivity index (χ0v) is 20.2. The van der Waals surface area contributed by atoms with Crippen LogP contribution >= 0.6 is 20.7 Å². The van der Waals surface area contributed by atoms with Crippen molar-refractivity contribution in [1.29, 1.82) is 0 Å². The van der Waals surface area contributed by atoms with Gasteiger partial charge in [-0.15, -0.1) is 0 Å². The Morgan fingerprint density at radius 1 is 0.333 bits per heavy atom. The fourth-order valence-corrected chi connectivity index (χ4v) is 23.6. The predicted molar refractivity (Wildman–Crippen MR) is 133 cm³/mol. The van der Waals surface area contributed by atoms with E-state index in [2.05, 4.69) is 91.0 Å². The molecule has 0 saturated heterocycles. The van der Waals surface area contributed by atoms with Crippen molar-refractivity contribution in [2.45, 2.75) is 41.5 Å². The van der Waals surface area contributed by atoms with Gasteiger partial charge >= 0.3 is 0 Å². The summed E-state index contributed by atoms with van der Waals surface area (Å²) in [5.74, 6) is 0. The predicted octanol–water partition coefficient (Wildman–Crippen LogP) is 10.7. The molecule has 0 saturated carbocycles. The Morgan fingerprint density at radius 2 is 0.519 bits per heavy atom. The summed E-state index contributed by atoms with van der Waals surface area (Å²) in [5.41, 5.74) is 0. The number of hydrogen-bond donors (Lipinski definition) is 0. The lowest BCUT2D eigenvalue weighted by Gasteiger charge is -1.93. The van der Waals surface area contributed by atoms with Crippen LogP contribution in [0, 0.1) is 0 Å². The van der Waals surface area contributed by atoms with Crippen LogP contribution in [0.2, 0.25) is 0 Å². The summed E-state index contributed by atoms with van der Waals surface area (Å²) in [6.45, 7) is 12.0. The largest absolute Gasteiger partial charge is 0.0683 e. The summed E-state index contributed by atoms with van der Waals surface area (Å²) in [6.07, 6.45) is 0. The van der Waals surface area contributed by atoms with Crippen LogP contribution in [0.3, 0.4) is 0 Å². The highest BCUT2D eigenvalue weighted by atomic mass is 32.7. The van der Waals surface area contributed by atoms with Gasteiger partial charge in [-0.1, -0.05) is 133 Å². The average molecular weight is 414 g/mol. The van der Waals surface area contributed by atoms with E-state index in [1.807, 2.05) is 41.5 Å². The summed E-state index contributed by atoms with van der Waals surface area (Å²) in [5, 5.41) is 4.74. The zero-order chi connectivity index (χ0) is 20.1. The van der Waals surface area contributed by atoms with Crippen LogP contribution in [0.25, 0.3) is 15.9 Å². The molecule has 0 N–H and O–H groups in total. The fourth-order valence-electron chi connectivity index (χ4n) is 2.47. The minimum absolute atomic E-state index is 0.00463. The minimum Gasteiger partial charge on any atom is -0.0683 e. The monoisotopic (exact) mass is 414 g/mol. The molecule has 144 valence electrons. The number of rotatable bonds is 3. The highest BCUT2D eigenvalue weighted by Crippen LogP contribution is 2.96. The Labute approximate surface area is 169 Å². The molecule has 27 heavy (non-hydrogen) atoms. The van der Waals surface area contributed by atoms with Gasteiger partial charge in [0.2, 0.25) is 0 Å². The summed E-state index contributed by atoms with van der Waals surface area (Å²) in [7, 11) is 0. The lowest BCUT2D eigenvalue weighted by molar-refractivity contribution is 1.50. The molecule has 0 spiro atoms. The van der Waals surface area contributed by atoms with Crippen LogP contribution in [0.5, 0.6) is 0 Å². The lowest BCUT2D eigenvalue weighted by atomic mass is 10.4. The normalized spacial score (nSPS) is 11.1. The Hall–Kier alpha value is -1.44. The van der Waals surface area contributed by atoms with Crippen molar-refractivity contribution in [1.82, 2.24) is 0 Å². The van der Waals surface area contributed by atoms with E-state index in [0.717, 1.165) is 0 Å². The van der Waals surface area contributed by atoms with Crippen LogP contribution < -0.4 is 0 Å². The fraction of sp³-hybridized carbons (Fsp3) is 0.250. The van der Waals surface area contributed by atoms with Crippen molar-refractivity contribution in [2.75, 3.05) is 0 Å². The molecule has 0 radical (unpaired) electrons. The molecule has 1 heterocycles. The van der Waals surface area contributed by atoms with Gasteiger partial charge in [-0.05, 0) is 20.7 Å². The highest BCUT2D eigenvalue weighted by Gasteiger charge is 2.26. The van der Waals surface area contributed by atoms with E-state index < -0.39 is 0 Å². The summed E-state index contributed by atoms with van der Waals surface area (Å²) in [6, 6.07) is 33.5. The molecule has 0 atom stereocenters. The molecule has 0 aliphatic rings. The van der Waals surface area contributed by atoms with Crippen molar-refractivity contribution in [3.05, 3.63) is 91.0 Å². The van der Waals surface area contributed by atoms with Gasteiger partial charge in [0.15, 0.2) is 0 Å². The molecule has 0 amide bonds. The molecule has 0 bridgehead atoms. The van der Waals surface area contributed by atoms with E-state index in [1.54, 1.807) is 15.9 Å². The molecular formula is C24H33P3. The summed E-state index contributed by atoms with van der Waals surface area (Å²) in [4.78, 5) is 0. The van der Waals surface area contributed by atoms with E-state index >= 15 is 0 Å². The number of benzene rings is 3. The molecule has 0 nitrogen and oxygen atoms in total. The van der Waals surface area contributed by atoms with E-state index in [9.17, 15) is 0 Å². The van der Waals surface area contributed by atoms with E-state index in [4.69, 9.17) is 0 Å². The van der Waals surface area contributed by atoms with Crippen molar-refractivity contribution in [3.8, 4) is 15.9 Å². The summed E-state index contributed by atoms with van der Waals surface area (Å²) < 4.78 is 0. The second-order valence-corrected chi connectivity index (χ2v) is 18.2. The highest BCUT2D eigenvalue weighted by molar-refractivity contribution is 8.77. The molecule has 3 heteroatoms. The van der Waals surface area contributed by atoms with Gasteiger partial charge in [0.05, 0.1) is 0 Å². The maximum absolute atomic E-state index is 2.33. The average Bonchev–Trinajstić information content (AvgIpc) is 3.56. The molecule has 4 aromatic rings. The first kappa shape index (κ1) is 23.6. The van der Waals surface area contributed by atoms with E-state index in [0.29, 0.717) is 0 Å². The third kappa shape index (κ3) is 6.30. The van der Waals surface area contributed by atoms with Crippen molar-refractivity contribution in [2.24, 2.45) is 0 Å². The first-order valence-electron chi connectivity index (χ1n) is 10.0. The Morgan fingerprint density at radius 3 is 0.704 bits per heavy atom. The molecular weight excluding hydrogens is 381 g/mol. The topological polar surface area (TPSA) is 0 Å². The van der Waals surface area contributed by atoms with Crippen LogP contribution in [0.4, 0.5) is 0 Å². The molecule has 0 aliphatic carbocycles. The Balaban J connectivity index is 0.000000556. The molecule has 3 aromatic carbocycles. The van der Waals surface area contributed by atoms with Gasteiger partial charge in [0.1, 0.15) is 0 Å². The third-order valence-corrected chi connectivity index (χ3v) is 20.4. The van der Waals surface area contributed by atoms with E-state index in [-0.39, 0.29) is 20.7 Å². The van der Waals surface area contributed by atoms with Crippen LogP contribution in [-0.4, -0.2) is 0 Å². The summed E-state index contributed by atoms with van der Waals surface area (Å²) >= 11 is 0. The molecule has 0 fully saturated rings. The van der Waals surface area contributed by atoms with Gasteiger partial charge in [0.25, 0.3) is 0 Å². The second kappa shape index (κ2) is 13.7. The van der Waals surface area contributed by atoms with E-state index in [1.165, 1.54) is 0 Å². The molecule has 1 aromatic heterocycles. The van der Waals surface area contributed by atoms with Crippen molar-refractivity contribution in [3.63, 3.8) is 0 Å². The first-order chi connectivity index (χ1) is 13.4. The van der Waals surface area contributed by atoms with Gasteiger partial charge in [0, 0.05) is 15.9 Å². The molecule has 0 aliphatic heterocycles. The van der Waals surface area contributed by atoms with Gasteiger partial charge in [-0.25, -0.2) is 0 Å². The lowest BCUT2D eigenvalue weighted by Crippen LogP contribution is -1.59. The standard InChI is InChI=1S/C18H15P3.3C2H6/c1-4-10-16(11-5-1)19-20(17-12-6-2-7-13-17)21(19)18-14-8-3-9-15-18;3*1-2/h1-15H;3*1-2H3. The molecule has 0 unspecified atom stereocenters. The number of hydrogen-bond acceptors (Lipinski definition) is 0. The van der Waals surface area contributed by atoms with Gasteiger partial charge in [-0.3, -0.25) is 0 Å². The van der Waals surface area contributed by atoms with Crippen LogP contribution in [0.1, 0.15) is 41.5 Å². The van der Waals surface area contributed by atoms with Crippen molar-refractivity contribution < 1.29 is 0 Å². The maximum Gasteiger partial charge on any atom is 0.00633 e. The SMILES string of the molecule is CC.CC.CC.c1ccc(-p2p(-c3ccccc3)p2-c2ccccc2)cc1. The van der Waals surface area contributed by atoms with Crippen LogP contribution in [-0.2, 0) is 0 Å². The quantitative estimate of drug-likeness (QED) is 0.313. The smallest absolute Gasteiger partial charge is 0.00633 e. The second-order valence-electron chi connectivity index (χ2n) is 4.87. The van der Waals surface area contributed by atoms with Gasteiger partial charge < -0.3 is 0 Å². The third-order valence-electron chi connectivity index (χ3n) is 3.47. The Kier molecular flexibility index (Phi) is 12.0. The maximum atomic E-state index is 2.33. The zero-order valence-electron chi connectivity index (χ0n) is 17.5. The van der Waals surface area contributed by atoms with Crippen molar-refractivity contribution >= 4 is 20.7 Å².